The van der Waals surface area contributed by atoms with Crippen LogP contribution in [-0.4, -0.2) is 50.5 Å². The molecule has 11 heteroatoms. The summed E-state index contributed by atoms with van der Waals surface area (Å²) in [6.07, 6.45) is 3.06. The molecule has 35 heavy (non-hydrogen) atoms. The Labute approximate surface area is 222 Å². The van der Waals surface area contributed by atoms with E-state index in [1.807, 2.05) is 6.92 Å². The van der Waals surface area contributed by atoms with Crippen molar-refractivity contribution in [1.82, 2.24) is 10.2 Å². The third-order valence-electron chi connectivity index (χ3n) is 5.33. The molecule has 0 spiro atoms. The minimum Gasteiger partial charge on any atom is -0.354 e. The van der Waals surface area contributed by atoms with Crippen molar-refractivity contribution in [3.8, 4) is 0 Å². The molecule has 0 saturated heterocycles. The van der Waals surface area contributed by atoms with Crippen LogP contribution in [0.2, 0.25) is 15.1 Å². The van der Waals surface area contributed by atoms with Crippen LogP contribution >= 0.6 is 34.8 Å². The molecule has 0 unspecified atom stereocenters. The number of amides is 2. The number of carbonyl (C=O) groups excluding carboxylic acids is 2. The summed E-state index contributed by atoms with van der Waals surface area (Å²) in [5.41, 5.74) is 0.907. The summed E-state index contributed by atoms with van der Waals surface area (Å²) < 4.78 is 26.2. The number of rotatable bonds is 12. The second-order valence-electron chi connectivity index (χ2n) is 8.09. The molecule has 0 aromatic heterocycles. The molecule has 7 nitrogen and oxygen atoms in total. The van der Waals surface area contributed by atoms with Gasteiger partial charge in [-0.15, -0.1) is 0 Å². The van der Waals surface area contributed by atoms with E-state index >= 15 is 0 Å². The fraction of sp³-hybridized carbons (Fsp3) is 0.417. The van der Waals surface area contributed by atoms with Gasteiger partial charge in [0.2, 0.25) is 21.8 Å². The lowest BCUT2D eigenvalue weighted by atomic mass is 10.1. The van der Waals surface area contributed by atoms with Gasteiger partial charge >= 0.3 is 0 Å². The quantitative estimate of drug-likeness (QED) is 0.363. The first-order chi connectivity index (χ1) is 16.5. The van der Waals surface area contributed by atoms with Crippen LogP contribution in [0.25, 0.3) is 0 Å². The minimum absolute atomic E-state index is 0.0442. The van der Waals surface area contributed by atoms with Crippen molar-refractivity contribution in [2.24, 2.45) is 0 Å². The maximum atomic E-state index is 13.6. The van der Waals surface area contributed by atoms with Crippen LogP contribution in [0.4, 0.5) is 5.69 Å². The first-order valence-corrected chi connectivity index (χ1v) is 14.2. The first kappa shape index (κ1) is 29.2. The monoisotopic (exact) mass is 561 g/mol. The standard InChI is InChI=1S/C24H30Cl3N3O4S/c1-4-6-12-28-24(32)22(5-2)29(15-17-10-11-20(26)21(27)13-17)23(31)16-30(35(3,33)34)19-9-7-8-18(25)14-19/h7-11,13-14,22H,4-6,12,15-16H2,1-3H3,(H,28,32)/t22-/m1/s1. The third kappa shape index (κ3) is 8.56. The largest absolute Gasteiger partial charge is 0.354 e. The fourth-order valence-electron chi connectivity index (χ4n) is 3.51. The second kappa shape index (κ2) is 13.3. The van der Waals surface area contributed by atoms with Gasteiger partial charge in [-0.3, -0.25) is 13.9 Å². The Bertz CT molecular complexity index is 1140. The second-order valence-corrected chi connectivity index (χ2v) is 11.2. The summed E-state index contributed by atoms with van der Waals surface area (Å²) in [6, 6.07) is 10.4. The molecule has 0 aliphatic heterocycles. The molecular weight excluding hydrogens is 533 g/mol. The number of unbranched alkanes of at least 4 members (excludes halogenated alkanes) is 1. The Morgan fingerprint density at radius 1 is 1.03 bits per heavy atom. The van der Waals surface area contributed by atoms with Crippen molar-refractivity contribution >= 4 is 62.3 Å². The van der Waals surface area contributed by atoms with E-state index in [2.05, 4.69) is 5.32 Å². The molecule has 2 amide bonds. The van der Waals surface area contributed by atoms with Crippen molar-refractivity contribution < 1.29 is 18.0 Å². The number of nitrogens with one attached hydrogen (secondary N) is 1. The Kier molecular flexibility index (Phi) is 11.1. The van der Waals surface area contributed by atoms with Gasteiger partial charge in [-0.1, -0.05) is 67.2 Å². The van der Waals surface area contributed by atoms with Crippen molar-refractivity contribution in [1.29, 1.82) is 0 Å². The SMILES string of the molecule is CCCCNC(=O)[C@@H](CC)N(Cc1ccc(Cl)c(Cl)c1)C(=O)CN(c1cccc(Cl)c1)S(C)(=O)=O. The molecular formula is C24H30Cl3N3O4S. The Hall–Kier alpha value is -2.00. The lowest BCUT2D eigenvalue weighted by molar-refractivity contribution is -0.140. The zero-order valence-electron chi connectivity index (χ0n) is 19.9. The molecule has 0 bridgehead atoms. The van der Waals surface area contributed by atoms with E-state index in [0.29, 0.717) is 33.6 Å². The Morgan fingerprint density at radius 3 is 2.31 bits per heavy atom. The molecule has 2 aromatic carbocycles. The molecule has 2 aromatic rings. The number of benzene rings is 2. The summed E-state index contributed by atoms with van der Waals surface area (Å²) in [5, 5.41) is 3.88. The minimum atomic E-state index is -3.83. The summed E-state index contributed by atoms with van der Waals surface area (Å²) >= 11 is 18.2. The van der Waals surface area contributed by atoms with Crippen LogP contribution in [0.1, 0.15) is 38.7 Å². The number of hydrogen-bond donors (Lipinski definition) is 1. The molecule has 192 valence electrons. The highest BCUT2D eigenvalue weighted by atomic mass is 35.5. The van der Waals surface area contributed by atoms with Crippen molar-refractivity contribution in [2.75, 3.05) is 23.7 Å². The average molecular weight is 563 g/mol. The first-order valence-electron chi connectivity index (χ1n) is 11.2. The lowest BCUT2D eigenvalue weighted by Gasteiger charge is -2.33. The van der Waals surface area contributed by atoms with Crippen molar-refractivity contribution in [2.45, 2.75) is 45.7 Å². The smallest absolute Gasteiger partial charge is 0.244 e. The predicted octanol–water partition coefficient (Wildman–Crippen LogP) is 5.14. The molecule has 0 saturated carbocycles. The summed E-state index contributed by atoms with van der Waals surface area (Å²) in [4.78, 5) is 28.0. The summed E-state index contributed by atoms with van der Waals surface area (Å²) in [5.74, 6) is -0.845. The Balaban J connectivity index is 2.42. The van der Waals surface area contributed by atoms with E-state index in [4.69, 9.17) is 34.8 Å². The molecule has 2 rings (SSSR count). The van der Waals surface area contributed by atoms with Crippen LogP contribution < -0.4 is 9.62 Å². The topological polar surface area (TPSA) is 86.8 Å². The van der Waals surface area contributed by atoms with Crippen LogP contribution in [0.15, 0.2) is 42.5 Å². The Morgan fingerprint density at radius 2 is 1.74 bits per heavy atom. The van der Waals surface area contributed by atoms with Gasteiger partial charge in [0.15, 0.2) is 0 Å². The van der Waals surface area contributed by atoms with Gasteiger partial charge in [0, 0.05) is 18.1 Å². The fourth-order valence-corrected chi connectivity index (χ4v) is 4.85. The predicted molar refractivity (Wildman–Crippen MR) is 143 cm³/mol. The summed E-state index contributed by atoms with van der Waals surface area (Å²) in [7, 11) is -3.83. The van der Waals surface area contributed by atoms with E-state index in [0.717, 1.165) is 23.4 Å². The number of sulfonamides is 1. The normalized spacial score (nSPS) is 12.2. The van der Waals surface area contributed by atoms with E-state index < -0.39 is 28.5 Å². The highest BCUT2D eigenvalue weighted by Gasteiger charge is 2.31. The highest BCUT2D eigenvalue weighted by Crippen LogP contribution is 2.25. The van der Waals surface area contributed by atoms with Crippen molar-refractivity contribution in [3.05, 3.63) is 63.1 Å². The maximum absolute atomic E-state index is 13.6. The summed E-state index contributed by atoms with van der Waals surface area (Å²) in [6.45, 7) is 3.84. The van der Waals surface area contributed by atoms with Crippen LogP contribution in [0.3, 0.4) is 0 Å². The number of anilines is 1. The van der Waals surface area contributed by atoms with E-state index in [-0.39, 0.29) is 18.1 Å². The zero-order valence-corrected chi connectivity index (χ0v) is 23.0. The van der Waals surface area contributed by atoms with E-state index in [1.54, 1.807) is 43.3 Å². The average Bonchev–Trinajstić information content (AvgIpc) is 2.79. The molecule has 0 heterocycles. The van der Waals surface area contributed by atoms with E-state index in [1.165, 1.54) is 11.0 Å². The number of carbonyl (C=O) groups is 2. The molecule has 0 fully saturated rings. The third-order valence-corrected chi connectivity index (χ3v) is 7.44. The van der Waals surface area contributed by atoms with Gasteiger partial charge in [-0.25, -0.2) is 8.42 Å². The van der Waals surface area contributed by atoms with Gasteiger partial charge in [-0.05, 0) is 48.7 Å². The molecule has 0 radical (unpaired) electrons. The van der Waals surface area contributed by atoms with Crippen LogP contribution in [0, 0.1) is 0 Å². The zero-order chi connectivity index (χ0) is 26.2. The number of nitrogens with zero attached hydrogens (tertiary/aromatic N) is 2. The maximum Gasteiger partial charge on any atom is 0.244 e. The van der Waals surface area contributed by atoms with E-state index in [9.17, 15) is 18.0 Å². The molecule has 1 N–H and O–H groups in total. The van der Waals surface area contributed by atoms with Gasteiger partial charge in [0.25, 0.3) is 0 Å². The van der Waals surface area contributed by atoms with Crippen molar-refractivity contribution in [3.63, 3.8) is 0 Å². The van der Waals surface area contributed by atoms with Gasteiger partial charge in [-0.2, -0.15) is 0 Å². The molecule has 0 aliphatic carbocycles. The highest BCUT2D eigenvalue weighted by molar-refractivity contribution is 7.92. The molecule has 1 atom stereocenters. The number of halogens is 3. The van der Waals surface area contributed by atoms with Crippen LogP contribution in [0.5, 0.6) is 0 Å². The molecule has 0 aliphatic rings. The van der Waals surface area contributed by atoms with Gasteiger partial charge in [0.05, 0.1) is 22.0 Å². The van der Waals surface area contributed by atoms with Gasteiger partial charge < -0.3 is 10.2 Å². The number of hydrogen-bond acceptors (Lipinski definition) is 4. The lowest BCUT2D eigenvalue weighted by Crippen LogP contribution is -2.52. The van der Waals surface area contributed by atoms with Crippen LogP contribution in [-0.2, 0) is 26.2 Å². The van der Waals surface area contributed by atoms with Gasteiger partial charge in [0.1, 0.15) is 12.6 Å².